The molecule has 3 rings (SSSR count). The molecule has 0 spiro atoms. The average molecular weight is 424 g/mol. The first-order chi connectivity index (χ1) is 13.3. The lowest BCUT2D eigenvalue weighted by Gasteiger charge is -2.30. The summed E-state index contributed by atoms with van der Waals surface area (Å²) < 4.78 is 27.8. The zero-order valence-electron chi connectivity index (χ0n) is 15.5. The molecule has 1 aromatic carbocycles. The molecule has 1 aromatic heterocycles. The minimum absolute atomic E-state index is 0.156. The van der Waals surface area contributed by atoms with Gasteiger partial charge in [0.05, 0.1) is 17.9 Å². The van der Waals surface area contributed by atoms with Crippen molar-refractivity contribution < 1.29 is 22.7 Å². The maximum absolute atomic E-state index is 12.6. The summed E-state index contributed by atoms with van der Waals surface area (Å²) in [5.41, 5.74) is 1.02. The first-order valence-corrected chi connectivity index (χ1v) is 11.4. The van der Waals surface area contributed by atoms with Crippen molar-refractivity contribution in [3.63, 3.8) is 0 Å². The van der Waals surface area contributed by atoms with Crippen molar-refractivity contribution in [3.8, 4) is 0 Å². The van der Waals surface area contributed by atoms with Crippen LogP contribution in [0.15, 0.2) is 34.5 Å². The smallest absolute Gasteiger partial charge is 0.308 e. The van der Waals surface area contributed by atoms with Gasteiger partial charge in [0.25, 0.3) is 5.91 Å². The third-order valence-corrected chi connectivity index (χ3v) is 6.46. The van der Waals surface area contributed by atoms with Crippen LogP contribution < -0.4 is 5.32 Å². The van der Waals surface area contributed by atoms with Crippen LogP contribution in [-0.4, -0.2) is 56.6 Å². The molecule has 2 aromatic rings. The maximum Gasteiger partial charge on any atom is 0.308 e. The summed E-state index contributed by atoms with van der Waals surface area (Å²) in [5, 5.41) is 5.30. The summed E-state index contributed by atoms with van der Waals surface area (Å²) in [6.07, 6.45) is 2.32. The fraction of sp³-hybridized carbons (Fsp3) is 0.389. The molecular weight excluding hydrogens is 402 g/mol. The lowest BCUT2D eigenvalue weighted by atomic mass is 9.97. The maximum atomic E-state index is 12.6. The Morgan fingerprint density at radius 1 is 1.21 bits per heavy atom. The summed E-state index contributed by atoms with van der Waals surface area (Å²) in [6.45, 7) is 0.984. The van der Waals surface area contributed by atoms with Gasteiger partial charge in [0.1, 0.15) is 5.69 Å². The van der Waals surface area contributed by atoms with Gasteiger partial charge in [0.2, 0.25) is 0 Å². The number of anilines is 2. The van der Waals surface area contributed by atoms with Crippen LogP contribution in [0.1, 0.15) is 23.3 Å². The Kier molecular flexibility index (Phi) is 5.99. The van der Waals surface area contributed by atoms with Gasteiger partial charge in [-0.15, -0.1) is 11.3 Å². The van der Waals surface area contributed by atoms with Gasteiger partial charge >= 0.3 is 5.97 Å². The van der Waals surface area contributed by atoms with Crippen LogP contribution in [0.2, 0.25) is 0 Å². The summed E-state index contributed by atoms with van der Waals surface area (Å²) in [6, 6.07) is 6.33. The molecule has 2 heterocycles. The molecule has 1 amide bonds. The second-order valence-electron chi connectivity index (χ2n) is 6.55. The third-order valence-electron chi connectivity index (χ3n) is 4.57. The predicted octanol–water partition coefficient (Wildman–Crippen LogP) is 2.32. The number of carbonyl (C=O) groups excluding carboxylic acids is 2. The van der Waals surface area contributed by atoms with Crippen molar-refractivity contribution in [3.05, 3.63) is 35.3 Å². The second kappa shape index (κ2) is 8.27. The highest BCUT2D eigenvalue weighted by molar-refractivity contribution is 7.90. The summed E-state index contributed by atoms with van der Waals surface area (Å²) in [4.78, 5) is 30.5. The molecular formula is C18H21N3O5S2. The molecule has 1 saturated heterocycles. The average Bonchev–Trinajstić information content (AvgIpc) is 3.15. The van der Waals surface area contributed by atoms with E-state index in [0.717, 1.165) is 6.26 Å². The number of methoxy groups -OCH3 is 1. The zero-order valence-corrected chi connectivity index (χ0v) is 17.2. The van der Waals surface area contributed by atoms with Crippen LogP contribution >= 0.6 is 11.3 Å². The number of rotatable bonds is 5. The number of piperidine rings is 1. The number of ether oxygens (including phenoxy) is 1. The Balaban J connectivity index is 1.61. The number of benzene rings is 1. The second-order valence-corrected chi connectivity index (χ2v) is 9.42. The van der Waals surface area contributed by atoms with Gasteiger partial charge in [-0.1, -0.05) is 0 Å². The quantitative estimate of drug-likeness (QED) is 0.736. The summed E-state index contributed by atoms with van der Waals surface area (Å²) in [7, 11) is -1.87. The Hall–Kier alpha value is -2.46. The number of carbonyl (C=O) groups is 2. The van der Waals surface area contributed by atoms with Crippen molar-refractivity contribution in [1.29, 1.82) is 0 Å². The molecule has 0 bridgehead atoms. The SMILES string of the molecule is COC(=O)C1CCN(C(=O)c2csc(Nc3ccc(S(C)(=O)=O)cc3)n2)CC1. The molecule has 1 aliphatic heterocycles. The highest BCUT2D eigenvalue weighted by Crippen LogP contribution is 2.25. The molecule has 0 radical (unpaired) electrons. The van der Waals surface area contributed by atoms with Gasteiger partial charge in [0, 0.05) is 30.4 Å². The molecule has 150 valence electrons. The monoisotopic (exact) mass is 423 g/mol. The standard InChI is InChI=1S/C18H21N3O5S2/c1-26-17(23)12-7-9-21(10-8-12)16(22)15-11-27-18(20-15)19-13-3-5-14(6-4-13)28(2,24)25/h3-6,11-12H,7-10H2,1-2H3,(H,19,20). The van der Waals surface area contributed by atoms with Crippen LogP contribution in [0.25, 0.3) is 0 Å². The summed E-state index contributed by atoms with van der Waals surface area (Å²) in [5.74, 6) is -0.550. The Morgan fingerprint density at radius 2 is 1.86 bits per heavy atom. The lowest BCUT2D eigenvalue weighted by molar-refractivity contribution is -0.146. The van der Waals surface area contributed by atoms with Crippen LogP contribution in [0, 0.1) is 5.92 Å². The van der Waals surface area contributed by atoms with Crippen molar-refractivity contribution >= 4 is 43.9 Å². The fourth-order valence-corrected chi connectivity index (χ4v) is 4.32. The van der Waals surface area contributed by atoms with Crippen molar-refractivity contribution in [2.24, 2.45) is 5.92 Å². The van der Waals surface area contributed by atoms with E-state index < -0.39 is 9.84 Å². The van der Waals surface area contributed by atoms with E-state index >= 15 is 0 Å². The van der Waals surface area contributed by atoms with Crippen LogP contribution in [-0.2, 0) is 19.4 Å². The first kappa shape index (κ1) is 20.3. The van der Waals surface area contributed by atoms with E-state index in [1.807, 2.05) is 0 Å². The Bertz CT molecular complexity index is 961. The number of thiazole rings is 1. The number of hydrogen-bond donors (Lipinski definition) is 1. The Morgan fingerprint density at radius 3 is 2.43 bits per heavy atom. The van der Waals surface area contributed by atoms with E-state index in [1.54, 1.807) is 22.4 Å². The highest BCUT2D eigenvalue weighted by atomic mass is 32.2. The molecule has 28 heavy (non-hydrogen) atoms. The van der Waals surface area contributed by atoms with E-state index in [4.69, 9.17) is 4.74 Å². The van der Waals surface area contributed by atoms with Crippen molar-refractivity contribution in [1.82, 2.24) is 9.88 Å². The van der Waals surface area contributed by atoms with E-state index in [-0.39, 0.29) is 22.7 Å². The van der Waals surface area contributed by atoms with Gasteiger partial charge in [-0.3, -0.25) is 9.59 Å². The molecule has 0 unspecified atom stereocenters. The Labute approximate surface area is 167 Å². The molecule has 1 aliphatic rings. The van der Waals surface area contributed by atoms with E-state index in [0.29, 0.717) is 42.4 Å². The van der Waals surface area contributed by atoms with Crippen LogP contribution in [0.4, 0.5) is 10.8 Å². The molecule has 10 heteroatoms. The molecule has 0 saturated carbocycles. The number of sulfone groups is 1. The molecule has 0 aliphatic carbocycles. The number of aromatic nitrogens is 1. The van der Waals surface area contributed by atoms with E-state index in [2.05, 4.69) is 10.3 Å². The van der Waals surface area contributed by atoms with Crippen molar-refractivity contribution in [2.45, 2.75) is 17.7 Å². The minimum atomic E-state index is -3.24. The topological polar surface area (TPSA) is 106 Å². The third kappa shape index (κ3) is 4.68. The van der Waals surface area contributed by atoms with Crippen molar-refractivity contribution in [2.75, 3.05) is 31.8 Å². The zero-order chi connectivity index (χ0) is 20.3. The number of esters is 1. The minimum Gasteiger partial charge on any atom is -0.469 e. The van der Waals surface area contributed by atoms with Crippen LogP contribution in [0.5, 0.6) is 0 Å². The lowest BCUT2D eigenvalue weighted by Crippen LogP contribution is -2.40. The predicted molar refractivity (Wildman–Crippen MR) is 106 cm³/mol. The number of hydrogen-bond acceptors (Lipinski definition) is 8. The first-order valence-electron chi connectivity index (χ1n) is 8.67. The number of nitrogens with zero attached hydrogens (tertiary/aromatic N) is 2. The number of nitrogens with one attached hydrogen (secondary N) is 1. The van der Waals surface area contributed by atoms with Gasteiger partial charge in [0.15, 0.2) is 15.0 Å². The molecule has 0 atom stereocenters. The van der Waals surface area contributed by atoms with E-state index in [1.165, 1.54) is 30.6 Å². The largest absolute Gasteiger partial charge is 0.469 e. The molecule has 1 fully saturated rings. The van der Waals surface area contributed by atoms with Gasteiger partial charge in [-0.25, -0.2) is 13.4 Å². The summed E-state index contributed by atoms with van der Waals surface area (Å²) >= 11 is 1.29. The molecule has 1 N–H and O–H groups in total. The van der Waals surface area contributed by atoms with Gasteiger partial charge in [-0.2, -0.15) is 0 Å². The van der Waals surface area contributed by atoms with Gasteiger partial charge < -0.3 is 15.0 Å². The van der Waals surface area contributed by atoms with Crippen LogP contribution in [0.3, 0.4) is 0 Å². The number of amides is 1. The van der Waals surface area contributed by atoms with E-state index in [9.17, 15) is 18.0 Å². The fourth-order valence-electron chi connectivity index (χ4n) is 2.99. The highest BCUT2D eigenvalue weighted by Gasteiger charge is 2.29. The molecule has 8 nitrogen and oxygen atoms in total. The normalized spacial score (nSPS) is 15.3. The van der Waals surface area contributed by atoms with Gasteiger partial charge in [-0.05, 0) is 37.1 Å². The number of likely N-dealkylation sites (tertiary alicyclic amines) is 1.